The molecule has 0 aliphatic rings. The molecule has 0 spiro atoms. The van der Waals surface area contributed by atoms with Crippen molar-refractivity contribution < 1.29 is 27.3 Å². The van der Waals surface area contributed by atoms with Gasteiger partial charge < -0.3 is 4.74 Å². The van der Waals surface area contributed by atoms with Crippen LogP contribution in [0.2, 0.25) is 0 Å². The number of halogens is 1. The molecule has 21 heavy (non-hydrogen) atoms. The second-order valence-electron chi connectivity index (χ2n) is 3.96. The Morgan fingerprint density at radius 2 is 2.10 bits per heavy atom. The van der Waals surface area contributed by atoms with Gasteiger partial charge in [0.15, 0.2) is 0 Å². The molecule has 0 unspecified atom stereocenters. The van der Waals surface area contributed by atoms with E-state index < -0.39 is 43.9 Å². The van der Waals surface area contributed by atoms with Gasteiger partial charge in [-0.1, -0.05) is 0 Å². The van der Waals surface area contributed by atoms with E-state index in [1.165, 1.54) is 6.92 Å². The minimum absolute atomic E-state index is 0.0190. The van der Waals surface area contributed by atoms with Gasteiger partial charge in [0.2, 0.25) is 15.8 Å². The first kappa shape index (κ1) is 17.0. The van der Waals surface area contributed by atoms with E-state index in [-0.39, 0.29) is 12.2 Å². The van der Waals surface area contributed by atoms with E-state index in [9.17, 15) is 27.7 Å². The lowest BCUT2D eigenvalue weighted by molar-refractivity contribution is -0.387. The van der Waals surface area contributed by atoms with E-state index in [4.69, 9.17) is 0 Å². The van der Waals surface area contributed by atoms with Crippen molar-refractivity contribution in [2.75, 3.05) is 13.2 Å². The average Bonchev–Trinajstić information content (AvgIpc) is 2.36. The predicted molar refractivity (Wildman–Crippen MR) is 69.6 cm³/mol. The molecule has 116 valence electrons. The number of aryl methyl sites for hydroxylation is 1. The third-order valence-corrected chi connectivity index (χ3v) is 3.99. The summed E-state index contributed by atoms with van der Waals surface area (Å²) in [6.07, 6.45) is 0. The molecule has 0 atom stereocenters. The number of benzene rings is 1. The molecule has 0 aliphatic carbocycles. The molecule has 8 nitrogen and oxygen atoms in total. The largest absolute Gasteiger partial charge is 0.465 e. The van der Waals surface area contributed by atoms with Gasteiger partial charge in [-0.15, -0.1) is 0 Å². The lowest BCUT2D eigenvalue weighted by Crippen LogP contribution is -2.31. The first-order valence-electron chi connectivity index (χ1n) is 5.79. The first-order valence-corrected chi connectivity index (χ1v) is 7.27. The molecule has 0 radical (unpaired) electrons. The fourth-order valence-electron chi connectivity index (χ4n) is 1.52. The summed E-state index contributed by atoms with van der Waals surface area (Å²) >= 11 is 0. The highest BCUT2D eigenvalue weighted by Gasteiger charge is 2.24. The van der Waals surface area contributed by atoms with Gasteiger partial charge in [-0.25, -0.2) is 8.42 Å². The number of sulfonamides is 1. The number of nitrogens with one attached hydrogen (secondary N) is 1. The molecule has 0 saturated carbocycles. The van der Waals surface area contributed by atoms with E-state index in [0.717, 1.165) is 6.07 Å². The molecule has 0 fully saturated rings. The number of esters is 1. The molecule has 1 N–H and O–H groups in total. The van der Waals surface area contributed by atoms with Crippen molar-refractivity contribution in [1.82, 2.24) is 4.72 Å². The Morgan fingerprint density at radius 1 is 1.48 bits per heavy atom. The highest BCUT2D eigenvalue weighted by atomic mass is 32.2. The zero-order valence-corrected chi connectivity index (χ0v) is 12.1. The maximum atomic E-state index is 13.4. The maximum absolute atomic E-state index is 13.4. The van der Waals surface area contributed by atoms with Crippen molar-refractivity contribution in [1.29, 1.82) is 0 Å². The number of rotatable bonds is 6. The van der Waals surface area contributed by atoms with Gasteiger partial charge in [0.1, 0.15) is 6.54 Å². The number of carbonyl (C=O) groups excluding carboxylic acids is 1. The van der Waals surface area contributed by atoms with Crippen molar-refractivity contribution in [3.05, 3.63) is 33.6 Å². The molecule has 0 aliphatic heterocycles. The van der Waals surface area contributed by atoms with Crippen LogP contribution in [0.25, 0.3) is 0 Å². The standard InChI is InChI=1S/C11H13FN2O6S/c1-3-20-11(15)6-13-21(18,19)10-5-9(14(16)17)8(12)4-7(10)2/h4-5,13H,3,6H2,1-2H3. The number of nitrogens with zero attached hydrogens (tertiary/aromatic N) is 1. The lowest BCUT2D eigenvalue weighted by atomic mass is 10.2. The summed E-state index contributed by atoms with van der Waals surface area (Å²) in [5.74, 6) is -1.93. The van der Waals surface area contributed by atoms with Gasteiger partial charge in [-0.3, -0.25) is 14.9 Å². The average molecular weight is 320 g/mol. The van der Waals surface area contributed by atoms with Gasteiger partial charge in [0, 0.05) is 6.07 Å². The van der Waals surface area contributed by atoms with Crippen molar-refractivity contribution >= 4 is 21.7 Å². The molecule has 0 aromatic heterocycles. The molecule has 10 heteroatoms. The summed E-state index contributed by atoms with van der Waals surface area (Å²) in [5, 5.41) is 10.6. The van der Waals surface area contributed by atoms with Gasteiger partial charge in [-0.05, 0) is 25.5 Å². The van der Waals surface area contributed by atoms with Crippen LogP contribution in [0.1, 0.15) is 12.5 Å². The molecule has 1 aromatic rings. The Kier molecular flexibility index (Phi) is 5.33. The van der Waals surface area contributed by atoms with Crippen molar-refractivity contribution in [3.63, 3.8) is 0 Å². The van der Waals surface area contributed by atoms with Crippen LogP contribution in [0.5, 0.6) is 0 Å². The SMILES string of the molecule is CCOC(=O)CNS(=O)(=O)c1cc([N+](=O)[O-])c(F)cc1C. The van der Waals surface area contributed by atoms with Gasteiger partial charge in [-0.2, -0.15) is 9.11 Å². The minimum Gasteiger partial charge on any atom is -0.465 e. The number of hydrogen-bond donors (Lipinski definition) is 1. The topological polar surface area (TPSA) is 116 Å². The molecule has 0 heterocycles. The van der Waals surface area contributed by atoms with Crippen LogP contribution in [0.4, 0.5) is 10.1 Å². The highest BCUT2D eigenvalue weighted by molar-refractivity contribution is 7.89. The van der Waals surface area contributed by atoms with Crippen molar-refractivity contribution in [3.8, 4) is 0 Å². The molecular formula is C11H13FN2O6S. The van der Waals surface area contributed by atoms with Crippen LogP contribution in [-0.2, 0) is 19.6 Å². The van der Waals surface area contributed by atoms with Crippen LogP contribution in [0.3, 0.4) is 0 Å². The Hall–Kier alpha value is -2.07. The van der Waals surface area contributed by atoms with Crippen LogP contribution >= 0.6 is 0 Å². The molecule has 0 bridgehead atoms. The van der Waals surface area contributed by atoms with E-state index in [0.29, 0.717) is 6.07 Å². The Labute approximate surface area is 120 Å². The summed E-state index contributed by atoms with van der Waals surface area (Å²) in [6, 6.07) is 1.36. The molecule has 0 saturated heterocycles. The van der Waals surface area contributed by atoms with Gasteiger partial charge in [0.05, 0.1) is 16.4 Å². The summed E-state index contributed by atoms with van der Waals surface area (Å²) in [6.45, 7) is 2.30. The Balaban J connectivity index is 3.11. The number of ether oxygens (including phenoxy) is 1. The predicted octanol–water partition coefficient (Wildman–Crippen LogP) is 0.884. The fourth-order valence-corrected chi connectivity index (χ4v) is 2.73. The van der Waals surface area contributed by atoms with E-state index in [2.05, 4.69) is 4.74 Å². The first-order chi connectivity index (χ1) is 9.69. The zero-order valence-electron chi connectivity index (χ0n) is 11.3. The number of carbonyl (C=O) groups is 1. The van der Waals surface area contributed by atoms with Crippen LogP contribution in [-0.4, -0.2) is 32.5 Å². The van der Waals surface area contributed by atoms with Gasteiger partial charge in [0.25, 0.3) is 0 Å². The smallest absolute Gasteiger partial charge is 0.321 e. The maximum Gasteiger partial charge on any atom is 0.321 e. The number of hydrogen-bond acceptors (Lipinski definition) is 6. The molecule has 1 aromatic carbocycles. The van der Waals surface area contributed by atoms with Crippen molar-refractivity contribution in [2.24, 2.45) is 0 Å². The van der Waals surface area contributed by atoms with Crippen LogP contribution in [0, 0.1) is 22.9 Å². The van der Waals surface area contributed by atoms with Crippen LogP contribution in [0.15, 0.2) is 17.0 Å². The van der Waals surface area contributed by atoms with Gasteiger partial charge >= 0.3 is 11.7 Å². The number of nitro groups is 1. The zero-order chi connectivity index (χ0) is 16.2. The highest BCUT2D eigenvalue weighted by Crippen LogP contribution is 2.25. The molecule has 1 rings (SSSR count). The second-order valence-corrected chi connectivity index (χ2v) is 5.69. The Bertz CT molecular complexity index is 674. The number of nitro benzene ring substituents is 1. The quantitative estimate of drug-likeness (QED) is 0.472. The summed E-state index contributed by atoms with van der Waals surface area (Å²) in [4.78, 5) is 20.3. The monoisotopic (exact) mass is 320 g/mol. The summed E-state index contributed by atoms with van der Waals surface area (Å²) < 4.78 is 43.8. The van der Waals surface area contributed by atoms with E-state index in [1.807, 2.05) is 4.72 Å². The summed E-state index contributed by atoms with van der Waals surface area (Å²) in [7, 11) is -4.20. The second kappa shape index (κ2) is 6.59. The molecular weight excluding hydrogens is 307 g/mol. The van der Waals surface area contributed by atoms with E-state index in [1.54, 1.807) is 6.92 Å². The normalized spacial score (nSPS) is 11.2. The minimum atomic E-state index is -4.20. The summed E-state index contributed by atoms with van der Waals surface area (Å²) in [5.41, 5.74) is -0.980. The molecule has 0 amide bonds. The van der Waals surface area contributed by atoms with Crippen molar-refractivity contribution in [2.45, 2.75) is 18.7 Å². The third kappa shape index (κ3) is 4.20. The Morgan fingerprint density at radius 3 is 2.62 bits per heavy atom. The lowest BCUT2D eigenvalue weighted by Gasteiger charge is -2.09. The van der Waals surface area contributed by atoms with Crippen LogP contribution < -0.4 is 4.72 Å². The fraction of sp³-hybridized carbons (Fsp3) is 0.364. The van der Waals surface area contributed by atoms with E-state index >= 15 is 0 Å². The third-order valence-electron chi connectivity index (χ3n) is 2.44.